The number of rotatable bonds is 8. The molecule has 0 aromatic rings. The number of nitrogens with zero attached hydrogens (tertiary/aromatic N) is 1. The Balaban J connectivity index is 0. The van der Waals surface area contributed by atoms with Crippen LogP contribution in [0.5, 0.6) is 0 Å². The van der Waals surface area contributed by atoms with Crippen LogP contribution in [-0.2, 0) is 4.74 Å². The molecule has 0 saturated heterocycles. The van der Waals surface area contributed by atoms with E-state index in [0.29, 0.717) is 13.2 Å². The van der Waals surface area contributed by atoms with Crippen molar-refractivity contribution < 1.29 is 14.8 Å². The first-order valence-corrected chi connectivity index (χ1v) is 6.73. The molecule has 0 aliphatic rings. The maximum Gasteiger partial charge on any atom is 0.231 e. The molecule has 20 heavy (non-hydrogen) atoms. The second-order valence-corrected chi connectivity index (χ2v) is 5.07. The highest BCUT2D eigenvalue weighted by Gasteiger charge is 2.05. The molecule has 0 atom stereocenters. The van der Waals surface area contributed by atoms with E-state index in [0.717, 1.165) is 19.2 Å². The predicted molar refractivity (Wildman–Crippen MR) is 80.9 cm³/mol. The number of ether oxygens (including phenoxy) is 1. The lowest BCUT2D eigenvalue weighted by Gasteiger charge is -2.07. The molecule has 0 spiro atoms. The van der Waals surface area contributed by atoms with E-state index in [1.165, 1.54) is 0 Å². The molecule has 0 saturated carbocycles. The zero-order valence-corrected chi connectivity index (χ0v) is 13.0. The number of nitro groups is 1. The summed E-state index contributed by atoms with van der Waals surface area (Å²) in [6.45, 7) is 9.79. The molecule has 0 rings (SSSR count). The third-order valence-corrected chi connectivity index (χ3v) is 1.79. The zero-order chi connectivity index (χ0) is 15.9. The lowest BCUT2D eigenvalue weighted by atomic mass is 9.97. The van der Waals surface area contributed by atoms with E-state index in [-0.39, 0.29) is 12.0 Å². The van der Waals surface area contributed by atoms with Crippen molar-refractivity contribution in [1.29, 1.82) is 0 Å². The highest BCUT2D eigenvalue weighted by molar-refractivity contribution is 4.86. The van der Waals surface area contributed by atoms with Crippen LogP contribution >= 0.6 is 0 Å². The minimum atomic E-state index is -0.453. The van der Waals surface area contributed by atoms with Crippen LogP contribution in [-0.4, -0.2) is 36.4 Å². The van der Waals surface area contributed by atoms with Crippen molar-refractivity contribution >= 4 is 0 Å². The number of allylic oxidation sites excluding steroid dienone is 2. The Morgan fingerprint density at radius 3 is 2.40 bits per heavy atom. The van der Waals surface area contributed by atoms with Gasteiger partial charge < -0.3 is 15.2 Å². The highest BCUT2D eigenvalue weighted by Crippen LogP contribution is 2.13. The van der Waals surface area contributed by atoms with Crippen molar-refractivity contribution in [3.05, 3.63) is 34.7 Å². The minimum absolute atomic E-state index is 0.0902. The molecule has 0 unspecified atom stereocenters. The SMILES string of the molecule is CC(C)(C)/C=C\[N+](=O)[O-].CC/C=C/NCCOCCO. The second-order valence-electron chi connectivity index (χ2n) is 5.07. The third kappa shape index (κ3) is 25.4. The molecule has 6 heteroatoms. The van der Waals surface area contributed by atoms with E-state index >= 15 is 0 Å². The summed E-state index contributed by atoms with van der Waals surface area (Å²) in [6, 6.07) is 0. The average molecular weight is 288 g/mol. The maximum absolute atomic E-state index is 9.76. The Morgan fingerprint density at radius 1 is 1.35 bits per heavy atom. The molecule has 0 aromatic heterocycles. The molecule has 0 heterocycles. The van der Waals surface area contributed by atoms with Gasteiger partial charge in [-0.15, -0.1) is 0 Å². The van der Waals surface area contributed by atoms with Crippen molar-refractivity contribution in [2.45, 2.75) is 34.1 Å². The molecule has 0 amide bonds. The van der Waals surface area contributed by atoms with Crippen molar-refractivity contribution in [3.8, 4) is 0 Å². The van der Waals surface area contributed by atoms with E-state index in [9.17, 15) is 10.1 Å². The van der Waals surface area contributed by atoms with E-state index in [2.05, 4.69) is 12.2 Å². The normalized spacial score (nSPS) is 11.4. The molecular formula is C14H28N2O4. The minimum Gasteiger partial charge on any atom is -0.394 e. The third-order valence-electron chi connectivity index (χ3n) is 1.79. The van der Waals surface area contributed by atoms with Gasteiger partial charge in [0.05, 0.1) is 24.7 Å². The monoisotopic (exact) mass is 288 g/mol. The fourth-order valence-electron chi connectivity index (χ4n) is 0.867. The van der Waals surface area contributed by atoms with Gasteiger partial charge in [-0.1, -0.05) is 33.8 Å². The van der Waals surface area contributed by atoms with Gasteiger partial charge in [0.1, 0.15) is 0 Å². The van der Waals surface area contributed by atoms with Crippen LogP contribution < -0.4 is 5.32 Å². The first kappa shape index (κ1) is 20.9. The molecule has 2 N–H and O–H groups in total. The Hall–Kier alpha value is -1.40. The van der Waals surface area contributed by atoms with Crippen LogP contribution in [0.25, 0.3) is 0 Å². The molecule has 0 fully saturated rings. The Kier molecular flexibility index (Phi) is 14.7. The summed E-state index contributed by atoms with van der Waals surface area (Å²) in [5.41, 5.74) is -0.0902. The molecule has 0 bridgehead atoms. The van der Waals surface area contributed by atoms with Gasteiger partial charge in [0.15, 0.2) is 0 Å². The lowest BCUT2D eigenvalue weighted by Crippen LogP contribution is -2.14. The standard InChI is InChI=1S/C8H17NO2.C6H11NO2/c1-2-3-4-9-5-7-11-8-6-10;1-6(2,3)4-5-7(8)9/h3-4,9-10H,2,5-8H2,1H3;4-5H,1-3H3/b4-3+;5-4-. The number of hydrogen-bond acceptors (Lipinski definition) is 5. The van der Waals surface area contributed by atoms with Gasteiger partial charge in [0, 0.05) is 6.54 Å². The summed E-state index contributed by atoms with van der Waals surface area (Å²) in [4.78, 5) is 9.31. The van der Waals surface area contributed by atoms with Crippen LogP contribution in [0, 0.1) is 15.5 Å². The van der Waals surface area contributed by atoms with Crippen molar-refractivity contribution in [1.82, 2.24) is 5.32 Å². The summed E-state index contributed by atoms with van der Waals surface area (Å²) in [5.74, 6) is 0. The van der Waals surface area contributed by atoms with Crippen LogP contribution in [0.15, 0.2) is 24.6 Å². The Labute approximate surface area is 121 Å². The van der Waals surface area contributed by atoms with E-state index in [4.69, 9.17) is 9.84 Å². The Bertz CT molecular complexity index is 283. The van der Waals surface area contributed by atoms with E-state index in [1.54, 1.807) is 6.08 Å². The van der Waals surface area contributed by atoms with Gasteiger partial charge >= 0.3 is 0 Å². The number of aliphatic hydroxyl groups excluding tert-OH is 1. The number of hydrogen-bond donors (Lipinski definition) is 2. The summed E-state index contributed by atoms with van der Waals surface area (Å²) < 4.78 is 5.02. The highest BCUT2D eigenvalue weighted by atomic mass is 16.6. The summed E-state index contributed by atoms with van der Waals surface area (Å²) in [6.07, 6.45) is 7.55. The molecule has 0 aromatic carbocycles. The van der Waals surface area contributed by atoms with E-state index < -0.39 is 4.92 Å². The van der Waals surface area contributed by atoms with Crippen LogP contribution in [0.1, 0.15) is 34.1 Å². The van der Waals surface area contributed by atoms with Crippen molar-refractivity contribution in [2.24, 2.45) is 5.41 Å². The molecule has 118 valence electrons. The van der Waals surface area contributed by atoms with Gasteiger partial charge in [-0.25, -0.2) is 0 Å². The van der Waals surface area contributed by atoms with Crippen LogP contribution in [0.4, 0.5) is 0 Å². The quantitative estimate of drug-likeness (QED) is 0.407. The van der Waals surface area contributed by atoms with Crippen molar-refractivity contribution in [3.63, 3.8) is 0 Å². The lowest BCUT2D eigenvalue weighted by molar-refractivity contribution is -0.403. The smallest absolute Gasteiger partial charge is 0.231 e. The predicted octanol–water partition coefficient (Wildman–Crippen LogP) is 2.33. The zero-order valence-electron chi connectivity index (χ0n) is 13.0. The second kappa shape index (κ2) is 14.0. The molecule has 6 nitrogen and oxygen atoms in total. The maximum atomic E-state index is 9.76. The fourth-order valence-corrected chi connectivity index (χ4v) is 0.867. The number of nitrogens with one attached hydrogen (secondary N) is 1. The summed E-state index contributed by atoms with van der Waals surface area (Å²) in [5, 5.41) is 21.2. The van der Waals surface area contributed by atoms with E-state index in [1.807, 2.05) is 33.0 Å². The summed E-state index contributed by atoms with van der Waals surface area (Å²) >= 11 is 0. The Morgan fingerprint density at radius 2 is 2.00 bits per heavy atom. The number of aliphatic hydroxyl groups is 1. The molecule has 0 aliphatic heterocycles. The molecule has 0 aliphatic carbocycles. The van der Waals surface area contributed by atoms with Crippen LogP contribution in [0.3, 0.4) is 0 Å². The summed E-state index contributed by atoms with van der Waals surface area (Å²) in [7, 11) is 0. The largest absolute Gasteiger partial charge is 0.394 e. The first-order chi connectivity index (χ1) is 9.33. The van der Waals surface area contributed by atoms with Gasteiger partial charge in [-0.3, -0.25) is 10.1 Å². The van der Waals surface area contributed by atoms with Crippen molar-refractivity contribution in [2.75, 3.05) is 26.4 Å². The van der Waals surface area contributed by atoms with Gasteiger partial charge in [0.2, 0.25) is 6.20 Å². The first-order valence-electron chi connectivity index (χ1n) is 6.73. The van der Waals surface area contributed by atoms with Gasteiger partial charge in [-0.05, 0) is 24.1 Å². The average Bonchev–Trinajstić information content (AvgIpc) is 2.35. The van der Waals surface area contributed by atoms with Gasteiger partial charge in [0.25, 0.3) is 0 Å². The topological polar surface area (TPSA) is 84.6 Å². The van der Waals surface area contributed by atoms with Gasteiger partial charge in [-0.2, -0.15) is 0 Å². The van der Waals surface area contributed by atoms with Crippen LogP contribution in [0.2, 0.25) is 0 Å². The fraction of sp³-hybridized carbons (Fsp3) is 0.714. The molecule has 0 radical (unpaired) electrons. The molecular weight excluding hydrogens is 260 g/mol.